The van der Waals surface area contributed by atoms with Crippen LogP contribution in [0.15, 0.2) is 51.8 Å². The lowest BCUT2D eigenvalue weighted by molar-refractivity contribution is 0.0958. The Balaban J connectivity index is 1.63. The van der Waals surface area contributed by atoms with Crippen LogP contribution in [-0.2, 0) is 10.0 Å². The number of hydrogen-bond donors (Lipinski definition) is 3. The summed E-state index contributed by atoms with van der Waals surface area (Å²) in [4.78, 5) is 12.2. The van der Waals surface area contributed by atoms with Gasteiger partial charge in [0.2, 0.25) is 10.0 Å². The van der Waals surface area contributed by atoms with Gasteiger partial charge in [0.05, 0.1) is 16.1 Å². The van der Waals surface area contributed by atoms with Crippen molar-refractivity contribution in [3.8, 4) is 0 Å². The molecular formula is C16H15BrFN3O3S. The van der Waals surface area contributed by atoms with E-state index in [1.165, 1.54) is 42.5 Å². The van der Waals surface area contributed by atoms with Gasteiger partial charge in [-0.1, -0.05) is 15.9 Å². The van der Waals surface area contributed by atoms with Gasteiger partial charge in [0, 0.05) is 10.5 Å². The van der Waals surface area contributed by atoms with Gasteiger partial charge in [-0.15, -0.1) is 0 Å². The van der Waals surface area contributed by atoms with Gasteiger partial charge in [-0.3, -0.25) is 15.6 Å². The Kier molecular flexibility index (Phi) is 5.07. The standard InChI is InChI=1S/C16H15BrFN3O3S/c17-10-1-8-15(18)14(9-10)16(22)20-19-11-4-6-13(7-5-11)25(23,24)21-12-2-3-12/h1,4-9,12,19,21H,2-3H2,(H,20,22). The highest BCUT2D eigenvalue weighted by Gasteiger charge is 2.27. The number of carbonyl (C=O) groups excluding carboxylic acids is 1. The molecule has 9 heteroatoms. The first-order valence-corrected chi connectivity index (χ1v) is 9.76. The van der Waals surface area contributed by atoms with Crippen molar-refractivity contribution >= 4 is 37.5 Å². The highest BCUT2D eigenvalue weighted by Crippen LogP contribution is 2.22. The third-order valence-electron chi connectivity index (χ3n) is 3.56. The summed E-state index contributed by atoms with van der Waals surface area (Å²) in [5, 5.41) is 0. The topological polar surface area (TPSA) is 87.3 Å². The molecule has 0 radical (unpaired) electrons. The first-order valence-electron chi connectivity index (χ1n) is 7.49. The molecule has 0 atom stereocenters. The zero-order chi connectivity index (χ0) is 18.0. The maximum Gasteiger partial charge on any atom is 0.272 e. The van der Waals surface area contributed by atoms with E-state index in [1.807, 2.05) is 0 Å². The minimum absolute atomic E-state index is 0.0298. The van der Waals surface area contributed by atoms with Gasteiger partial charge < -0.3 is 0 Å². The number of carbonyl (C=O) groups is 1. The van der Waals surface area contributed by atoms with E-state index in [-0.39, 0.29) is 16.5 Å². The molecule has 25 heavy (non-hydrogen) atoms. The average Bonchev–Trinajstić information content (AvgIpc) is 3.38. The molecule has 0 unspecified atom stereocenters. The molecule has 6 nitrogen and oxygen atoms in total. The monoisotopic (exact) mass is 427 g/mol. The molecular weight excluding hydrogens is 413 g/mol. The van der Waals surface area contributed by atoms with Crippen molar-refractivity contribution in [2.45, 2.75) is 23.8 Å². The SMILES string of the molecule is O=C(NNc1ccc(S(=O)(=O)NC2CC2)cc1)c1cc(Br)ccc1F. The minimum Gasteiger partial charge on any atom is -0.298 e. The van der Waals surface area contributed by atoms with Crippen LogP contribution in [0.2, 0.25) is 0 Å². The summed E-state index contributed by atoms with van der Waals surface area (Å²) in [6.45, 7) is 0. The number of rotatable bonds is 6. The minimum atomic E-state index is -3.52. The third kappa shape index (κ3) is 4.56. The Morgan fingerprint density at radius 1 is 1.12 bits per heavy atom. The normalized spacial score (nSPS) is 14.2. The number of hydrogen-bond acceptors (Lipinski definition) is 4. The van der Waals surface area contributed by atoms with E-state index in [0.717, 1.165) is 12.8 Å². The number of hydrazine groups is 1. The van der Waals surface area contributed by atoms with Crippen LogP contribution in [0, 0.1) is 5.82 Å². The molecule has 2 aromatic carbocycles. The molecule has 2 aromatic rings. The largest absolute Gasteiger partial charge is 0.298 e. The molecule has 3 rings (SSSR count). The summed E-state index contributed by atoms with van der Waals surface area (Å²) in [6.07, 6.45) is 1.72. The number of sulfonamides is 1. The maximum atomic E-state index is 13.7. The first kappa shape index (κ1) is 17.8. The zero-order valence-electron chi connectivity index (χ0n) is 12.9. The van der Waals surface area contributed by atoms with Gasteiger partial charge >= 0.3 is 0 Å². The van der Waals surface area contributed by atoms with Gasteiger partial charge in [0.15, 0.2) is 0 Å². The quantitative estimate of drug-likeness (QED) is 0.618. The number of amides is 1. The van der Waals surface area contributed by atoms with Gasteiger partial charge in [-0.05, 0) is 55.3 Å². The van der Waals surface area contributed by atoms with Crippen molar-refractivity contribution in [3.05, 3.63) is 58.3 Å². The fourth-order valence-corrected chi connectivity index (χ4v) is 3.74. The molecule has 0 bridgehead atoms. The van der Waals surface area contributed by atoms with E-state index in [1.54, 1.807) is 0 Å². The van der Waals surface area contributed by atoms with Crippen molar-refractivity contribution in [2.24, 2.45) is 0 Å². The lowest BCUT2D eigenvalue weighted by Crippen LogP contribution is -2.30. The summed E-state index contributed by atoms with van der Waals surface area (Å²) in [6, 6.07) is 9.96. The van der Waals surface area contributed by atoms with Crippen LogP contribution in [0.1, 0.15) is 23.2 Å². The second kappa shape index (κ2) is 7.11. The van der Waals surface area contributed by atoms with Crippen LogP contribution >= 0.6 is 15.9 Å². The van der Waals surface area contributed by atoms with Crippen LogP contribution < -0.4 is 15.6 Å². The number of anilines is 1. The van der Waals surface area contributed by atoms with Crippen LogP contribution in [-0.4, -0.2) is 20.4 Å². The molecule has 0 saturated heterocycles. The smallest absolute Gasteiger partial charge is 0.272 e. The van der Waals surface area contributed by atoms with E-state index in [4.69, 9.17) is 0 Å². The third-order valence-corrected chi connectivity index (χ3v) is 5.59. The Morgan fingerprint density at radius 2 is 1.80 bits per heavy atom. The van der Waals surface area contributed by atoms with Crippen molar-refractivity contribution in [2.75, 3.05) is 5.43 Å². The second-order valence-corrected chi connectivity index (χ2v) is 8.25. The van der Waals surface area contributed by atoms with Crippen LogP contribution in [0.25, 0.3) is 0 Å². The lowest BCUT2D eigenvalue weighted by Gasteiger charge is -2.10. The molecule has 0 heterocycles. The van der Waals surface area contributed by atoms with Crippen molar-refractivity contribution in [1.29, 1.82) is 0 Å². The maximum absolute atomic E-state index is 13.7. The van der Waals surface area contributed by atoms with Gasteiger partial charge in [0.25, 0.3) is 5.91 Å². The van der Waals surface area contributed by atoms with Crippen LogP contribution in [0.4, 0.5) is 10.1 Å². The number of halogens is 2. The molecule has 3 N–H and O–H groups in total. The van der Waals surface area contributed by atoms with Crippen LogP contribution in [0.3, 0.4) is 0 Å². The molecule has 132 valence electrons. The Morgan fingerprint density at radius 3 is 2.44 bits per heavy atom. The van der Waals surface area contributed by atoms with Crippen molar-refractivity contribution in [1.82, 2.24) is 10.1 Å². The van der Waals surface area contributed by atoms with E-state index in [0.29, 0.717) is 10.2 Å². The lowest BCUT2D eigenvalue weighted by atomic mass is 10.2. The summed E-state index contributed by atoms with van der Waals surface area (Å²) in [5.41, 5.74) is 5.34. The Labute approximate surface area is 153 Å². The summed E-state index contributed by atoms with van der Waals surface area (Å²) < 4.78 is 41.0. The average molecular weight is 428 g/mol. The summed E-state index contributed by atoms with van der Waals surface area (Å²) in [5.74, 6) is -1.29. The predicted octanol–water partition coefficient (Wildman–Crippen LogP) is 2.79. The van der Waals surface area contributed by atoms with E-state index in [2.05, 4.69) is 31.5 Å². The molecule has 1 aliphatic rings. The summed E-state index contributed by atoms with van der Waals surface area (Å²) in [7, 11) is -3.52. The van der Waals surface area contributed by atoms with E-state index < -0.39 is 21.7 Å². The van der Waals surface area contributed by atoms with E-state index >= 15 is 0 Å². The number of benzene rings is 2. The predicted molar refractivity (Wildman–Crippen MR) is 95.0 cm³/mol. The van der Waals surface area contributed by atoms with Crippen molar-refractivity contribution in [3.63, 3.8) is 0 Å². The molecule has 0 aliphatic heterocycles. The fourth-order valence-electron chi connectivity index (χ4n) is 2.07. The van der Waals surface area contributed by atoms with Gasteiger partial charge in [-0.2, -0.15) is 0 Å². The molecule has 0 aromatic heterocycles. The molecule has 0 spiro atoms. The van der Waals surface area contributed by atoms with Crippen LogP contribution in [0.5, 0.6) is 0 Å². The Bertz CT molecular complexity index is 899. The molecule has 1 amide bonds. The fraction of sp³-hybridized carbons (Fsp3) is 0.188. The second-order valence-electron chi connectivity index (χ2n) is 5.62. The molecule has 1 fully saturated rings. The van der Waals surface area contributed by atoms with E-state index in [9.17, 15) is 17.6 Å². The molecule has 1 aliphatic carbocycles. The number of nitrogens with one attached hydrogen (secondary N) is 3. The highest BCUT2D eigenvalue weighted by molar-refractivity contribution is 9.10. The Hall–Kier alpha value is -1.97. The van der Waals surface area contributed by atoms with Gasteiger partial charge in [0.1, 0.15) is 5.82 Å². The summed E-state index contributed by atoms with van der Waals surface area (Å²) >= 11 is 3.18. The molecule has 1 saturated carbocycles. The zero-order valence-corrected chi connectivity index (χ0v) is 15.3. The van der Waals surface area contributed by atoms with Gasteiger partial charge in [-0.25, -0.2) is 17.5 Å². The highest BCUT2D eigenvalue weighted by atomic mass is 79.9. The van der Waals surface area contributed by atoms with Crippen molar-refractivity contribution < 1.29 is 17.6 Å². The first-order chi connectivity index (χ1) is 11.8.